The van der Waals surface area contributed by atoms with E-state index in [1.807, 2.05) is 37.3 Å². The summed E-state index contributed by atoms with van der Waals surface area (Å²) in [7, 11) is -2.69. The summed E-state index contributed by atoms with van der Waals surface area (Å²) in [4.78, 5) is 25.8. The Morgan fingerprint density at radius 1 is 1.15 bits per heavy atom. The van der Waals surface area contributed by atoms with Gasteiger partial charge in [0.1, 0.15) is 5.41 Å². The van der Waals surface area contributed by atoms with Gasteiger partial charge in [-0.25, -0.2) is 13.2 Å². The van der Waals surface area contributed by atoms with Crippen LogP contribution in [0.5, 0.6) is 0 Å². The number of methoxy groups -OCH3 is 1. The summed E-state index contributed by atoms with van der Waals surface area (Å²) in [5.74, 6) is -2.40. The molecule has 0 saturated carbocycles. The molecule has 2 atom stereocenters. The van der Waals surface area contributed by atoms with E-state index in [2.05, 4.69) is 15.9 Å². The minimum atomic E-state index is -3.89. The second-order valence-corrected chi connectivity index (χ2v) is 10.7. The maximum absolute atomic E-state index is 13.5. The maximum Gasteiger partial charge on any atom is 0.373 e. The number of rotatable bonds is 4. The molecule has 2 aliphatic heterocycles. The fourth-order valence-corrected chi connectivity index (χ4v) is 6.23. The van der Waals surface area contributed by atoms with Gasteiger partial charge in [-0.3, -0.25) is 4.79 Å². The highest BCUT2D eigenvalue weighted by Gasteiger charge is 2.56. The Labute approximate surface area is 200 Å². The number of hydrogen-bond acceptors (Lipinski definition) is 6. The van der Waals surface area contributed by atoms with Crippen molar-refractivity contribution in [3.05, 3.63) is 88.1 Å². The molecule has 4 rings (SSSR count). The summed E-state index contributed by atoms with van der Waals surface area (Å²) in [6.07, 6.45) is 3.18. The number of benzene rings is 2. The van der Waals surface area contributed by atoms with Gasteiger partial charge in [0, 0.05) is 23.5 Å². The summed E-state index contributed by atoms with van der Waals surface area (Å²) < 4.78 is 38.8. The van der Waals surface area contributed by atoms with Crippen LogP contribution in [0.3, 0.4) is 0 Å². The number of sulfonamides is 1. The molecular weight excluding hydrogens is 510 g/mol. The maximum atomic E-state index is 13.5. The molecule has 2 heterocycles. The van der Waals surface area contributed by atoms with E-state index in [0.29, 0.717) is 4.48 Å². The Balaban J connectivity index is 1.84. The van der Waals surface area contributed by atoms with Gasteiger partial charge in [0.2, 0.25) is 15.8 Å². The van der Waals surface area contributed by atoms with Crippen LogP contribution < -0.4 is 0 Å². The molecule has 172 valence electrons. The fourth-order valence-electron chi connectivity index (χ4n) is 4.13. The zero-order valence-electron chi connectivity index (χ0n) is 18.0. The highest BCUT2D eigenvalue weighted by atomic mass is 79.9. The summed E-state index contributed by atoms with van der Waals surface area (Å²) in [5.41, 5.74) is 0.261. The molecule has 7 nitrogen and oxygen atoms in total. The number of nitrogens with zero attached hydrogens (tertiary/aromatic N) is 1. The number of halogens is 1. The van der Waals surface area contributed by atoms with Crippen LogP contribution in [-0.4, -0.2) is 44.9 Å². The SMILES string of the molecule is COC(=O)C1=C[C@@H](c2ccccc2)[C@@]2(CN(S(=O)(=O)c3ccc(C)cc3)CC=C2Br)C(=O)O1. The van der Waals surface area contributed by atoms with Crippen molar-refractivity contribution < 1.29 is 27.5 Å². The number of esters is 2. The second kappa shape index (κ2) is 8.89. The van der Waals surface area contributed by atoms with Crippen LogP contribution in [0.4, 0.5) is 0 Å². The van der Waals surface area contributed by atoms with Crippen LogP contribution in [0.2, 0.25) is 0 Å². The lowest BCUT2D eigenvalue weighted by molar-refractivity contribution is -0.159. The number of hydrogen-bond donors (Lipinski definition) is 0. The molecule has 0 fully saturated rings. The number of carbonyl (C=O) groups excluding carboxylic acids is 2. The number of aryl methyl sites for hydroxylation is 1. The molecule has 2 aromatic carbocycles. The topological polar surface area (TPSA) is 90.0 Å². The molecule has 0 bridgehead atoms. The quantitative estimate of drug-likeness (QED) is 0.559. The lowest BCUT2D eigenvalue weighted by Crippen LogP contribution is -2.53. The van der Waals surface area contributed by atoms with Crippen LogP contribution in [0.1, 0.15) is 17.0 Å². The highest BCUT2D eigenvalue weighted by Crippen LogP contribution is 2.52. The average Bonchev–Trinajstić information content (AvgIpc) is 2.82. The highest BCUT2D eigenvalue weighted by molar-refractivity contribution is 9.11. The molecule has 2 aromatic rings. The summed E-state index contributed by atoms with van der Waals surface area (Å²) in [6, 6.07) is 15.7. The van der Waals surface area contributed by atoms with Gasteiger partial charge in [0.15, 0.2) is 0 Å². The minimum Gasteiger partial charge on any atom is -0.463 e. The molecule has 9 heteroatoms. The largest absolute Gasteiger partial charge is 0.463 e. The molecule has 2 aliphatic rings. The Morgan fingerprint density at radius 2 is 1.82 bits per heavy atom. The van der Waals surface area contributed by atoms with E-state index in [9.17, 15) is 18.0 Å². The van der Waals surface area contributed by atoms with Gasteiger partial charge < -0.3 is 9.47 Å². The van der Waals surface area contributed by atoms with Gasteiger partial charge in [-0.15, -0.1) is 0 Å². The summed E-state index contributed by atoms with van der Waals surface area (Å²) in [6.45, 7) is 1.80. The predicted octanol–water partition coefficient (Wildman–Crippen LogP) is 3.66. The monoisotopic (exact) mass is 531 g/mol. The van der Waals surface area contributed by atoms with Crippen molar-refractivity contribution in [2.75, 3.05) is 20.2 Å². The van der Waals surface area contributed by atoms with Crippen LogP contribution in [0.15, 0.2) is 81.9 Å². The van der Waals surface area contributed by atoms with Crippen molar-refractivity contribution in [1.82, 2.24) is 4.31 Å². The van der Waals surface area contributed by atoms with Crippen molar-refractivity contribution in [2.45, 2.75) is 17.7 Å². The van der Waals surface area contributed by atoms with Crippen molar-refractivity contribution in [3.63, 3.8) is 0 Å². The standard InChI is InChI=1S/C24H22BrNO6S/c1-16-8-10-18(11-9-16)33(29,30)26-13-12-21(25)24(15-26)19(17-6-4-3-5-7-17)14-20(22(27)31-2)32-23(24)28/h3-12,14,19H,13,15H2,1-2H3/t19-,24+/m0/s1. The normalized spacial score (nSPS) is 23.5. The molecule has 0 N–H and O–H groups in total. The van der Waals surface area contributed by atoms with E-state index in [1.54, 1.807) is 30.3 Å². The van der Waals surface area contributed by atoms with Crippen molar-refractivity contribution in [3.8, 4) is 0 Å². The summed E-state index contributed by atoms with van der Waals surface area (Å²) in [5, 5.41) is 0. The van der Waals surface area contributed by atoms with Gasteiger partial charge in [-0.05, 0) is 30.7 Å². The van der Waals surface area contributed by atoms with E-state index in [0.717, 1.165) is 11.1 Å². The fraction of sp³-hybridized carbons (Fsp3) is 0.250. The predicted molar refractivity (Wildman–Crippen MR) is 125 cm³/mol. The van der Waals surface area contributed by atoms with Crippen LogP contribution in [0.25, 0.3) is 0 Å². The Morgan fingerprint density at radius 3 is 2.45 bits per heavy atom. The zero-order valence-corrected chi connectivity index (χ0v) is 20.4. The van der Waals surface area contributed by atoms with E-state index in [-0.39, 0.29) is 23.7 Å². The zero-order chi connectivity index (χ0) is 23.8. The Hall–Kier alpha value is -2.75. The Kier molecular flexibility index (Phi) is 6.30. The summed E-state index contributed by atoms with van der Waals surface area (Å²) >= 11 is 3.51. The molecule has 33 heavy (non-hydrogen) atoms. The first-order valence-electron chi connectivity index (χ1n) is 10.2. The van der Waals surface area contributed by atoms with Gasteiger partial charge in [-0.2, -0.15) is 4.31 Å². The van der Waals surface area contributed by atoms with Gasteiger partial charge in [0.25, 0.3) is 0 Å². The van der Waals surface area contributed by atoms with Crippen molar-refractivity contribution in [2.24, 2.45) is 5.41 Å². The van der Waals surface area contributed by atoms with E-state index in [4.69, 9.17) is 9.47 Å². The smallest absolute Gasteiger partial charge is 0.373 e. The van der Waals surface area contributed by atoms with Crippen LogP contribution in [0, 0.1) is 12.3 Å². The van der Waals surface area contributed by atoms with E-state index >= 15 is 0 Å². The Bertz CT molecular complexity index is 1250. The van der Waals surface area contributed by atoms with Crippen molar-refractivity contribution in [1.29, 1.82) is 0 Å². The molecule has 0 saturated heterocycles. The molecule has 1 spiro atoms. The van der Waals surface area contributed by atoms with Crippen LogP contribution in [-0.2, 0) is 29.1 Å². The van der Waals surface area contributed by atoms with Crippen molar-refractivity contribution >= 4 is 37.9 Å². The van der Waals surface area contributed by atoms with E-state index in [1.165, 1.54) is 17.5 Å². The van der Waals surface area contributed by atoms with Gasteiger partial charge >= 0.3 is 11.9 Å². The van der Waals surface area contributed by atoms with Gasteiger partial charge in [-0.1, -0.05) is 70.0 Å². The molecule has 0 aliphatic carbocycles. The first-order valence-corrected chi connectivity index (χ1v) is 12.4. The third kappa shape index (κ3) is 4.05. The average molecular weight is 532 g/mol. The molecular formula is C24H22BrNO6S. The van der Waals surface area contributed by atoms with Gasteiger partial charge in [0.05, 0.1) is 12.0 Å². The first kappa shape index (κ1) is 23.4. The lowest BCUT2D eigenvalue weighted by atomic mass is 9.69. The number of allylic oxidation sites excluding steroid dienone is 1. The second-order valence-electron chi connectivity index (χ2n) is 7.93. The third-order valence-electron chi connectivity index (χ3n) is 5.95. The number of ether oxygens (including phenoxy) is 2. The van der Waals surface area contributed by atoms with E-state index < -0.39 is 33.3 Å². The molecule has 0 unspecified atom stereocenters. The minimum absolute atomic E-state index is 0.0842. The first-order chi connectivity index (χ1) is 15.7. The molecule has 0 aromatic heterocycles. The number of carbonyl (C=O) groups is 2. The van der Waals surface area contributed by atoms with Crippen LogP contribution >= 0.6 is 15.9 Å². The molecule has 0 amide bonds. The lowest BCUT2D eigenvalue weighted by Gasteiger charge is -2.45. The molecule has 0 radical (unpaired) electrons. The number of cyclic esters (lactones) is 1. The third-order valence-corrected chi connectivity index (χ3v) is 8.80.